The van der Waals surface area contributed by atoms with E-state index in [1.54, 1.807) is 7.11 Å². The Morgan fingerprint density at radius 3 is 2.68 bits per heavy atom. The van der Waals surface area contributed by atoms with Crippen LogP contribution in [-0.2, 0) is 9.47 Å². The lowest BCUT2D eigenvalue weighted by Gasteiger charge is -2.61. The molecule has 140 valence electrons. The van der Waals surface area contributed by atoms with Gasteiger partial charge in [-0.05, 0) is 85.9 Å². The maximum Gasteiger partial charge on any atom is 0.146 e. The number of hydrogen-bond donors (Lipinski definition) is 0. The van der Waals surface area contributed by atoms with E-state index in [9.17, 15) is 0 Å². The number of ether oxygens (including phenoxy) is 2. The van der Waals surface area contributed by atoms with E-state index in [1.807, 2.05) is 0 Å². The maximum absolute atomic E-state index is 5.93. The Labute approximate surface area is 154 Å². The summed E-state index contributed by atoms with van der Waals surface area (Å²) in [6.45, 7) is 14.6. The van der Waals surface area contributed by atoms with Crippen LogP contribution >= 0.6 is 0 Å². The zero-order valence-electron chi connectivity index (χ0n) is 16.5. The summed E-state index contributed by atoms with van der Waals surface area (Å²) in [5.41, 5.74) is 3.80. The molecule has 4 aliphatic carbocycles. The van der Waals surface area contributed by atoms with Crippen LogP contribution in [0, 0.1) is 34.5 Å². The van der Waals surface area contributed by atoms with E-state index in [2.05, 4.69) is 27.0 Å². The summed E-state index contributed by atoms with van der Waals surface area (Å²) in [4.78, 5) is 0. The number of rotatable bonds is 3. The maximum atomic E-state index is 5.93. The van der Waals surface area contributed by atoms with E-state index < -0.39 is 0 Å². The fourth-order valence-electron chi connectivity index (χ4n) is 7.53. The molecule has 0 spiro atoms. The lowest BCUT2D eigenvalue weighted by molar-refractivity contribution is -0.135. The normalized spacial score (nSPS) is 49.5. The van der Waals surface area contributed by atoms with Gasteiger partial charge in [-0.3, -0.25) is 0 Å². The molecule has 2 nitrogen and oxygen atoms in total. The van der Waals surface area contributed by atoms with E-state index in [1.165, 1.54) is 62.5 Å². The average molecular weight is 345 g/mol. The smallest absolute Gasteiger partial charge is 0.146 e. The monoisotopic (exact) mass is 344 g/mol. The van der Waals surface area contributed by atoms with Crippen LogP contribution in [0.2, 0.25) is 0 Å². The predicted molar refractivity (Wildman–Crippen MR) is 102 cm³/mol. The highest BCUT2D eigenvalue weighted by Gasteiger charge is 2.60. The summed E-state index contributed by atoms with van der Waals surface area (Å²) in [7, 11) is 1.72. The molecule has 0 heterocycles. The van der Waals surface area contributed by atoms with Crippen molar-refractivity contribution < 1.29 is 9.47 Å². The van der Waals surface area contributed by atoms with Crippen LogP contribution in [0.15, 0.2) is 24.3 Å². The fraction of sp³-hybridized carbons (Fsp3) is 0.826. The quantitative estimate of drug-likeness (QED) is 0.480. The van der Waals surface area contributed by atoms with E-state index in [-0.39, 0.29) is 0 Å². The summed E-state index contributed by atoms with van der Waals surface area (Å²) in [6, 6.07) is 0. The molecule has 0 amide bonds. The molecule has 0 saturated heterocycles. The fourth-order valence-corrected chi connectivity index (χ4v) is 7.53. The molecule has 0 bridgehead atoms. The molecule has 2 heteroatoms. The van der Waals surface area contributed by atoms with Crippen LogP contribution in [0.5, 0.6) is 0 Å². The van der Waals surface area contributed by atoms with Crippen molar-refractivity contribution in [3.8, 4) is 0 Å². The molecule has 0 N–H and O–H groups in total. The highest BCUT2D eigenvalue weighted by Crippen LogP contribution is 2.68. The Balaban J connectivity index is 1.57. The molecule has 0 aromatic heterocycles. The molecule has 0 aromatic rings. The molecule has 0 aromatic carbocycles. The van der Waals surface area contributed by atoms with Crippen LogP contribution in [-0.4, -0.2) is 20.0 Å². The highest BCUT2D eigenvalue weighted by atomic mass is 16.7. The van der Waals surface area contributed by atoms with Gasteiger partial charge < -0.3 is 9.47 Å². The lowest BCUT2D eigenvalue weighted by Crippen LogP contribution is -2.54. The predicted octanol–water partition coefficient (Wildman–Crippen LogP) is 5.74. The Bertz CT molecular complexity index is 566. The first kappa shape index (κ1) is 17.8. The van der Waals surface area contributed by atoms with Crippen molar-refractivity contribution in [3.63, 3.8) is 0 Å². The van der Waals surface area contributed by atoms with Gasteiger partial charge in [-0.15, -0.1) is 0 Å². The number of fused-ring (bicyclic) bond motifs is 5. The summed E-state index contributed by atoms with van der Waals surface area (Å²) in [6.07, 6.45) is 10.6. The minimum Gasteiger partial charge on any atom is -0.359 e. The minimum atomic E-state index is 0.334. The number of hydrogen-bond acceptors (Lipinski definition) is 2. The topological polar surface area (TPSA) is 18.5 Å². The molecule has 0 unspecified atom stereocenters. The van der Waals surface area contributed by atoms with E-state index in [0.29, 0.717) is 23.7 Å². The van der Waals surface area contributed by atoms with Gasteiger partial charge in [0.1, 0.15) is 6.79 Å². The van der Waals surface area contributed by atoms with Crippen LogP contribution < -0.4 is 0 Å². The Kier molecular flexibility index (Phi) is 4.44. The standard InChI is InChI=1S/C23H36O2/c1-15-13-23(4)16(2)6-9-20(23)19-8-7-17-12-18(25-14-24-5)10-11-22(17,3)21(15)19/h17-21H,1-2,6-14H2,3-5H3/t17-,18+,19-,20-,21-,22-,23+/m0/s1. The second-order valence-electron chi connectivity index (χ2n) is 9.89. The SMILES string of the molecule is C=C1C[C@]2(C)C(=C)CC[C@H]2[C@@H]2CC[C@H]3C[C@H](OCOC)CC[C@]3(C)[C@@H]12. The zero-order valence-corrected chi connectivity index (χ0v) is 16.5. The Morgan fingerprint density at radius 2 is 1.92 bits per heavy atom. The van der Waals surface area contributed by atoms with Crippen molar-refractivity contribution in [1.29, 1.82) is 0 Å². The molecule has 7 atom stereocenters. The zero-order chi connectivity index (χ0) is 17.8. The van der Waals surface area contributed by atoms with Gasteiger partial charge in [-0.2, -0.15) is 0 Å². The average Bonchev–Trinajstić information content (AvgIpc) is 2.87. The van der Waals surface area contributed by atoms with Gasteiger partial charge in [-0.1, -0.05) is 38.2 Å². The van der Waals surface area contributed by atoms with Gasteiger partial charge in [0.15, 0.2) is 0 Å². The summed E-state index contributed by atoms with van der Waals surface area (Å²) >= 11 is 0. The molecule has 25 heavy (non-hydrogen) atoms. The minimum absolute atomic E-state index is 0.334. The lowest BCUT2D eigenvalue weighted by atomic mass is 9.44. The Morgan fingerprint density at radius 1 is 1.12 bits per heavy atom. The van der Waals surface area contributed by atoms with Gasteiger partial charge >= 0.3 is 0 Å². The van der Waals surface area contributed by atoms with Crippen LogP contribution in [0.4, 0.5) is 0 Å². The second kappa shape index (κ2) is 6.23. The third kappa shape index (κ3) is 2.58. The number of methoxy groups -OCH3 is 1. The molecule has 4 fully saturated rings. The summed E-state index contributed by atoms with van der Waals surface area (Å²) < 4.78 is 11.1. The van der Waals surface area contributed by atoms with E-state index in [0.717, 1.165) is 23.7 Å². The van der Waals surface area contributed by atoms with Crippen molar-refractivity contribution in [2.45, 2.75) is 71.3 Å². The van der Waals surface area contributed by atoms with Crippen LogP contribution in [0.3, 0.4) is 0 Å². The first-order chi connectivity index (χ1) is 11.9. The van der Waals surface area contributed by atoms with Gasteiger partial charge in [0.25, 0.3) is 0 Å². The third-order valence-corrected chi connectivity index (χ3v) is 8.83. The molecular formula is C23H36O2. The molecule has 0 aliphatic heterocycles. The van der Waals surface area contributed by atoms with Crippen molar-refractivity contribution in [1.82, 2.24) is 0 Å². The van der Waals surface area contributed by atoms with Gasteiger partial charge in [0.2, 0.25) is 0 Å². The van der Waals surface area contributed by atoms with Crippen molar-refractivity contribution in [2.24, 2.45) is 34.5 Å². The van der Waals surface area contributed by atoms with Crippen LogP contribution in [0.25, 0.3) is 0 Å². The van der Waals surface area contributed by atoms with Gasteiger partial charge in [0.05, 0.1) is 6.10 Å². The van der Waals surface area contributed by atoms with Gasteiger partial charge in [0, 0.05) is 7.11 Å². The van der Waals surface area contributed by atoms with Crippen molar-refractivity contribution in [3.05, 3.63) is 24.3 Å². The summed E-state index contributed by atoms with van der Waals surface area (Å²) in [5, 5.41) is 0. The molecule has 0 radical (unpaired) electrons. The first-order valence-corrected chi connectivity index (χ1v) is 10.4. The highest BCUT2D eigenvalue weighted by molar-refractivity contribution is 5.29. The van der Waals surface area contributed by atoms with Crippen molar-refractivity contribution in [2.75, 3.05) is 13.9 Å². The van der Waals surface area contributed by atoms with Crippen molar-refractivity contribution >= 4 is 0 Å². The van der Waals surface area contributed by atoms with Gasteiger partial charge in [-0.25, -0.2) is 0 Å². The first-order valence-electron chi connectivity index (χ1n) is 10.4. The molecular weight excluding hydrogens is 308 g/mol. The largest absolute Gasteiger partial charge is 0.359 e. The molecule has 4 saturated carbocycles. The second-order valence-corrected chi connectivity index (χ2v) is 9.89. The Hall–Kier alpha value is -0.600. The molecule has 4 rings (SSSR count). The van der Waals surface area contributed by atoms with E-state index >= 15 is 0 Å². The third-order valence-electron chi connectivity index (χ3n) is 8.83. The van der Waals surface area contributed by atoms with E-state index in [4.69, 9.17) is 9.47 Å². The number of allylic oxidation sites excluding steroid dienone is 2. The van der Waals surface area contributed by atoms with Crippen LogP contribution in [0.1, 0.15) is 65.2 Å². The molecule has 4 aliphatic rings. The summed E-state index contributed by atoms with van der Waals surface area (Å²) in [5.74, 6) is 3.19.